The third-order valence-corrected chi connectivity index (χ3v) is 4.81. The van der Waals surface area contributed by atoms with Gasteiger partial charge in [0.1, 0.15) is 11.1 Å². The van der Waals surface area contributed by atoms with Crippen molar-refractivity contribution in [3.8, 4) is 23.0 Å². The summed E-state index contributed by atoms with van der Waals surface area (Å²) in [7, 11) is 0. The largest absolute Gasteiger partial charge is 0.451 e. The van der Waals surface area contributed by atoms with E-state index in [9.17, 15) is 52.7 Å². The standard InChI is InChI=1S/C22H12F12N2O2/c23-19(24,25)13-14(20(26,27)28)16(22(32,33)34)18(38-12-8-4-2-6-10(12)36)17(15(13)21(29,30)31)37-11-7-3-1-5-9(11)35/h1-8H,35-36H2. The number of ether oxygens (including phenoxy) is 2. The Hall–Kier alpha value is -3.98. The number of halogens is 12. The summed E-state index contributed by atoms with van der Waals surface area (Å²) in [6.45, 7) is 0. The van der Waals surface area contributed by atoms with Crippen LogP contribution in [0.15, 0.2) is 48.5 Å². The molecule has 0 radical (unpaired) electrons. The van der Waals surface area contributed by atoms with Crippen molar-refractivity contribution in [3.63, 3.8) is 0 Å². The van der Waals surface area contributed by atoms with Crippen molar-refractivity contribution in [2.45, 2.75) is 24.7 Å². The summed E-state index contributed by atoms with van der Waals surface area (Å²) in [5.74, 6) is -6.56. The Labute approximate surface area is 204 Å². The van der Waals surface area contributed by atoms with Crippen LogP contribution in [-0.2, 0) is 24.7 Å². The average Bonchev–Trinajstić information content (AvgIpc) is 2.74. The monoisotopic (exact) mass is 564 g/mol. The quantitative estimate of drug-likeness (QED) is 0.246. The lowest BCUT2D eigenvalue weighted by molar-refractivity contribution is -0.183. The summed E-state index contributed by atoms with van der Waals surface area (Å²) in [6.07, 6.45) is -25.9. The maximum Gasteiger partial charge on any atom is 0.420 e. The van der Waals surface area contributed by atoms with E-state index in [1.54, 1.807) is 0 Å². The summed E-state index contributed by atoms with van der Waals surface area (Å²) < 4.78 is 177. The minimum Gasteiger partial charge on any atom is -0.451 e. The highest BCUT2D eigenvalue weighted by Gasteiger charge is 2.59. The van der Waals surface area contributed by atoms with E-state index in [1.807, 2.05) is 0 Å². The van der Waals surface area contributed by atoms with Gasteiger partial charge in [-0.3, -0.25) is 0 Å². The number of anilines is 2. The van der Waals surface area contributed by atoms with Crippen LogP contribution in [0.25, 0.3) is 0 Å². The van der Waals surface area contributed by atoms with Crippen LogP contribution in [0.3, 0.4) is 0 Å². The molecule has 16 heteroatoms. The molecule has 0 aliphatic rings. The molecular weight excluding hydrogens is 552 g/mol. The predicted octanol–water partition coefficient (Wildman–Crippen LogP) is 8.51. The van der Waals surface area contributed by atoms with Crippen molar-refractivity contribution in [2.24, 2.45) is 0 Å². The molecule has 0 heterocycles. The fourth-order valence-corrected chi connectivity index (χ4v) is 3.37. The lowest BCUT2D eigenvalue weighted by atomic mass is 9.91. The molecule has 38 heavy (non-hydrogen) atoms. The van der Waals surface area contributed by atoms with E-state index >= 15 is 0 Å². The third kappa shape index (κ3) is 5.62. The first-order valence-corrected chi connectivity index (χ1v) is 9.82. The van der Waals surface area contributed by atoms with Gasteiger partial charge in [0, 0.05) is 0 Å². The van der Waals surface area contributed by atoms with Crippen molar-refractivity contribution in [1.82, 2.24) is 0 Å². The molecule has 0 unspecified atom stereocenters. The van der Waals surface area contributed by atoms with E-state index in [4.69, 9.17) is 20.9 Å². The summed E-state index contributed by atoms with van der Waals surface area (Å²) in [5.41, 5.74) is -3.94. The molecule has 0 aromatic heterocycles. The third-order valence-electron chi connectivity index (χ3n) is 4.81. The zero-order valence-electron chi connectivity index (χ0n) is 18.1. The molecule has 0 atom stereocenters. The van der Waals surface area contributed by atoms with E-state index in [0.29, 0.717) is 0 Å². The number of benzene rings is 3. The van der Waals surface area contributed by atoms with E-state index in [2.05, 4.69) is 0 Å². The topological polar surface area (TPSA) is 70.5 Å². The highest BCUT2D eigenvalue weighted by atomic mass is 19.4. The maximum atomic E-state index is 14.1. The van der Waals surface area contributed by atoms with Gasteiger partial charge in [-0.15, -0.1) is 0 Å². The van der Waals surface area contributed by atoms with Crippen molar-refractivity contribution in [1.29, 1.82) is 0 Å². The molecule has 0 aliphatic heterocycles. The van der Waals surface area contributed by atoms with Crippen LogP contribution in [0.5, 0.6) is 23.0 Å². The average molecular weight is 564 g/mol. The number of para-hydroxylation sites is 4. The van der Waals surface area contributed by atoms with Gasteiger partial charge in [-0.25, -0.2) is 0 Å². The molecule has 0 spiro atoms. The Morgan fingerprint density at radius 1 is 0.421 bits per heavy atom. The van der Waals surface area contributed by atoms with Gasteiger partial charge in [0.15, 0.2) is 23.0 Å². The molecule has 3 rings (SSSR count). The van der Waals surface area contributed by atoms with Gasteiger partial charge in [-0.1, -0.05) is 24.3 Å². The molecule has 0 bridgehead atoms. The second-order valence-electron chi connectivity index (χ2n) is 7.43. The zero-order chi connectivity index (χ0) is 28.8. The molecule has 4 N–H and O–H groups in total. The molecule has 0 saturated carbocycles. The van der Waals surface area contributed by atoms with E-state index in [-0.39, 0.29) is 0 Å². The van der Waals surface area contributed by atoms with Gasteiger partial charge < -0.3 is 20.9 Å². The van der Waals surface area contributed by atoms with Gasteiger partial charge in [0.05, 0.1) is 22.5 Å². The number of hydrogen-bond acceptors (Lipinski definition) is 4. The molecular formula is C22H12F12N2O2. The van der Waals surface area contributed by atoms with E-state index in [0.717, 1.165) is 36.4 Å². The zero-order valence-corrected chi connectivity index (χ0v) is 18.1. The summed E-state index contributed by atoms with van der Waals surface area (Å²) in [6, 6.07) is 7.87. The van der Waals surface area contributed by atoms with Crippen molar-refractivity contribution in [2.75, 3.05) is 11.5 Å². The highest BCUT2D eigenvalue weighted by molar-refractivity contribution is 5.68. The van der Waals surface area contributed by atoms with Gasteiger partial charge >= 0.3 is 24.7 Å². The number of nitrogen functional groups attached to an aromatic ring is 2. The minimum atomic E-state index is -6.61. The van der Waals surface area contributed by atoms with Crippen LogP contribution >= 0.6 is 0 Å². The van der Waals surface area contributed by atoms with Crippen LogP contribution in [-0.4, -0.2) is 0 Å². The summed E-state index contributed by atoms with van der Waals surface area (Å²) in [5, 5.41) is 0. The molecule has 206 valence electrons. The first kappa shape index (κ1) is 28.6. The summed E-state index contributed by atoms with van der Waals surface area (Å²) in [4.78, 5) is 0. The normalized spacial score (nSPS) is 12.9. The first-order chi connectivity index (χ1) is 17.2. The molecule has 0 aliphatic carbocycles. The maximum absolute atomic E-state index is 14.1. The number of nitrogens with two attached hydrogens (primary N) is 2. The second-order valence-corrected chi connectivity index (χ2v) is 7.43. The first-order valence-electron chi connectivity index (χ1n) is 9.82. The Balaban J connectivity index is 2.68. The number of hydrogen-bond donors (Lipinski definition) is 2. The molecule has 3 aromatic carbocycles. The molecule has 3 aromatic rings. The smallest absolute Gasteiger partial charge is 0.420 e. The van der Waals surface area contributed by atoms with Gasteiger partial charge in [-0.05, 0) is 24.3 Å². The Morgan fingerprint density at radius 3 is 0.921 bits per heavy atom. The van der Waals surface area contributed by atoms with Crippen LogP contribution < -0.4 is 20.9 Å². The number of alkyl halides is 12. The Bertz CT molecular complexity index is 1240. The van der Waals surface area contributed by atoms with Gasteiger partial charge in [0.2, 0.25) is 0 Å². The fraction of sp³-hybridized carbons (Fsp3) is 0.182. The van der Waals surface area contributed by atoms with Crippen LogP contribution in [0.2, 0.25) is 0 Å². The highest BCUT2D eigenvalue weighted by Crippen LogP contribution is 2.60. The van der Waals surface area contributed by atoms with Crippen molar-refractivity contribution >= 4 is 11.4 Å². The van der Waals surface area contributed by atoms with Gasteiger partial charge in [-0.2, -0.15) is 52.7 Å². The molecule has 4 nitrogen and oxygen atoms in total. The van der Waals surface area contributed by atoms with Crippen LogP contribution in [0.1, 0.15) is 22.3 Å². The lowest BCUT2D eigenvalue weighted by Crippen LogP contribution is -2.28. The molecule has 0 fully saturated rings. The number of rotatable bonds is 4. The summed E-state index contributed by atoms with van der Waals surface area (Å²) >= 11 is 0. The molecule has 0 amide bonds. The van der Waals surface area contributed by atoms with Crippen molar-refractivity contribution in [3.05, 3.63) is 70.8 Å². The molecule has 0 saturated heterocycles. The second kappa shape index (κ2) is 9.40. The van der Waals surface area contributed by atoms with Crippen LogP contribution in [0.4, 0.5) is 64.1 Å². The van der Waals surface area contributed by atoms with Crippen molar-refractivity contribution < 1.29 is 62.2 Å². The Morgan fingerprint density at radius 2 is 0.684 bits per heavy atom. The van der Waals surface area contributed by atoms with Gasteiger partial charge in [0.25, 0.3) is 0 Å². The van der Waals surface area contributed by atoms with Crippen LogP contribution in [0, 0.1) is 0 Å². The predicted molar refractivity (Wildman–Crippen MR) is 108 cm³/mol. The lowest BCUT2D eigenvalue weighted by Gasteiger charge is -2.29. The fourth-order valence-electron chi connectivity index (χ4n) is 3.37. The minimum absolute atomic E-state index is 0.576. The van der Waals surface area contributed by atoms with E-state index in [1.165, 1.54) is 12.1 Å². The SMILES string of the molecule is Nc1ccccc1Oc1c(Oc2ccccc2N)c(C(F)(F)F)c(C(F)(F)F)c(C(F)(F)F)c1C(F)(F)F. The Kier molecular flexibility index (Phi) is 7.07. The van der Waals surface area contributed by atoms with E-state index < -0.39 is 81.3 Å².